The van der Waals surface area contributed by atoms with E-state index in [1.54, 1.807) is 18.2 Å². The molecule has 0 saturated carbocycles. The Morgan fingerprint density at radius 1 is 1.53 bits per heavy atom. The Morgan fingerprint density at radius 2 is 2.35 bits per heavy atom. The number of rotatable bonds is 2. The van der Waals surface area contributed by atoms with Gasteiger partial charge < -0.3 is 14.8 Å². The second-order valence-corrected chi connectivity index (χ2v) is 3.69. The molecule has 90 valence electrons. The van der Waals surface area contributed by atoms with Gasteiger partial charge >= 0.3 is 5.97 Å². The van der Waals surface area contributed by atoms with Crippen molar-refractivity contribution in [1.29, 1.82) is 0 Å². The van der Waals surface area contributed by atoms with Crippen molar-refractivity contribution in [2.45, 2.75) is 6.42 Å². The van der Waals surface area contributed by atoms with Gasteiger partial charge in [0.1, 0.15) is 12.4 Å². The molecule has 5 heteroatoms. The molecule has 1 aromatic rings. The molecule has 0 unspecified atom stereocenters. The summed E-state index contributed by atoms with van der Waals surface area (Å²) in [5, 5.41) is 2.72. The molecule has 5 nitrogen and oxygen atoms in total. The van der Waals surface area contributed by atoms with Crippen molar-refractivity contribution < 1.29 is 19.1 Å². The van der Waals surface area contributed by atoms with Gasteiger partial charge in [0.2, 0.25) is 0 Å². The van der Waals surface area contributed by atoms with E-state index in [0.717, 1.165) is 5.56 Å². The first-order chi connectivity index (χ1) is 8.20. The van der Waals surface area contributed by atoms with Gasteiger partial charge in [-0.2, -0.15) is 0 Å². The van der Waals surface area contributed by atoms with Crippen LogP contribution in [0, 0.1) is 0 Å². The minimum absolute atomic E-state index is 0.150. The first-order valence-corrected chi connectivity index (χ1v) is 5.31. The molecule has 0 spiro atoms. The number of carbonyl (C=O) groups excluding carboxylic acids is 2. The maximum absolute atomic E-state index is 11.7. The zero-order valence-electron chi connectivity index (χ0n) is 9.49. The van der Waals surface area contributed by atoms with E-state index in [0.29, 0.717) is 24.5 Å². The molecule has 1 aliphatic rings. The highest BCUT2D eigenvalue weighted by atomic mass is 16.5. The van der Waals surface area contributed by atoms with Crippen molar-refractivity contribution in [3.05, 3.63) is 29.3 Å². The van der Waals surface area contributed by atoms with E-state index < -0.39 is 0 Å². The number of benzene rings is 1. The van der Waals surface area contributed by atoms with E-state index in [1.807, 2.05) is 0 Å². The summed E-state index contributed by atoms with van der Waals surface area (Å²) >= 11 is 0. The number of hydrogen-bond donors (Lipinski definition) is 1. The van der Waals surface area contributed by atoms with Gasteiger partial charge in [-0.1, -0.05) is 6.07 Å². The highest BCUT2D eigenvalue weighted by Gasteiger charge is 2.17. The van der Waals surface area contributed by atoms with Crippen LogP contribution in [-0.4, -0.2) is 32.1 Å². The topological polar surface area (TPSA) is 64.6 Å². The molecule has 1 aromatic carbocycles. The maximum Gasteiger partial charge on any atom is 0.309 e. The summed E-state index contributed by atoms with van der Waals surface area (Å²) in [7, 11) is 1.33. The monoisotopic (exact) mass is 235 g/mol. The normalized spacial score (nSPS) is 14.1. The van der Waals surface area contributed by atoms with Gasteiger partial charge in [0.15, 0.2) is 0 Å². The molecule has 0 aromatic heterocycles. The van der Waals surface area contributed by atoms with Crippen molar-refractivity contribution in [3.63, 3.8) is 0 Å². The molecule has 0 fully saturated rings. The lowest BCUT2D eigenvalue weighted by atomic mass is 10.1. The third-order valence-corrected chi connectivity index (χ3v) is 2.51. The third kappa shape index (κ3) is 2.55. The van der Waals surface area contributed by atoms with E-state index in [-0.39, 0.29) is 18.3 Å². The van der Waals surface area contributed by atoms with Crippen LogP contribution >= 0.6 is 0 Å². The average molecular weight is 235 g/mol. The molecular formula is C12H13NO4. The molecule has 1 amide bonds. The minimum atomic E-state index is -0.333. The van der Waals surface area contributed by atoms with E-state index >= 15 is 0 Å². The van der Waals surface area contributed by atoms with Crippen LogP contribution in [-0.2, 0) is 16.0 Å². The van der Waals surface area contributed by atoms with Crippen LogP contribution in [0.1, 0.15) is 15.9 Å². The van der Waals surface area contributed by atoms with Crippen molar-refractivity contribution in [1.82, 2.24) is 5.32 Å². The summed E-state index contributed by atoms with van der Waals surface area (Å²) < 4.78 is 9.98. The number of ether oxygens (including phenoxy) is 2. The summed E-state index contributed by atoms with van der Waals surface area (Å²) in [6, 6.07) is 5.12. The lowest BCUT2D eigenvalue weighted by Crippen LogP contribution is -2.24. The summed E-state index contributed by atoms with van der Waals surface area (Å²) in [6.45, 7) is 0.939. The molecule has 0 aliphatic carbocycles. The van der Waals surface area contributed by atoms with E-state index in [1.165, 1.54) is 7.11 Å². The number of methoxy groups -OCH3 is 1. The number of amides is 1. The molecule has 1 aliphatic heterocycles. The van der Waals surface area contributed by atoms with Crippen LogP contribution in [0.4, 0.5) is 0 Å². The number of esters is 1. The standard InChI is InChI=1S/C12H13NO4/c1-16-11(14)7-8-2-3-10-9(6-8)12(15)13-4-5-17-10/h2-3,6H,4-5,7H2,1H3,(H,13,15). The highest BCUT2D eigenvalue weighted by molar-refractivity contribution is 5.97. The Kier molecular flexibility index (Phi) is 3.27. The van der Waals surface area contributed by atoms with Crippen LogP contribution in [0.3, 0.4) is 0 Å². The number of nitrogens with one attached hydrogen (secondary N) is 1. The summed E-state index contributed by atoms with van der Waals surface area (Å²) in [5.41, 5.74) is 1.19. The summed E-state index contributed by atoms with van der Waals surface area (Å²) in [5.74, 6) is 0.0396. The molecule has 0 atom stereocenters. The fourth-order valence-corrected chi connectivity index (χ4v) is 1.65. The van der Waals surface area contributed by atoms with Crippen LogP contribution in [0.15, 0.2) is 18.2 Å². The third-order valence-electron chi connectivity index (χ3n) is 2.51. The molecule has 0 radical (unpaired) electrons. The van der Waals surface area contributed by atoms with E-state index in [4.69, 9.17) is 4.74 Å². The second-order valence-electron chi connectivity index (χ2n) is 3.69. The average Bonchev–Trinajstić information content (AvgIpc) is 2.52. The van der Waals surface area contributed by atoms with Gasteiger partial charge in [0.05, 0.1) is 25.6 Å². The van der Waals surface area contributed by atoms with Crippen molar-refractivity contribution in [3.8, 4) is 5.75 Å². The molecule has 2 rings (SSSR count). The second kappa shape index (κ2) is 4.86. The molecule has 0 saturated heterocycles. The quantitative estimate of drug-likeness (QED) is 0.759. The van der Waals surface area contributed by atoms with Crippen molar-refractivity contribution in [2.75, 3.05) is 20.3 Å². The summed E-state index contributed by atoms with van der Waals surface area (Å²) in [6.07, 6.45) is 0.150. The molecular weight excluding hydrogens is 222 g/mol. The molecule has 0 bridgehead atoms. The van der Waals surface area contributed by atoms with Gasteiger partial charge in [-0.05, 0) is 17.7 Å². The zero-order valence-corrected chi connectivity index (χ0v) is 9.49. The predicted octanol–water partition coefficient (Wildman–Crippen LogP) is 0.524. The molecule has 17 heavy (non-hydrogen) atoms. The minimum Gasteiger partial charge on any atom is -0.491 e. The molecule has 1 N–H and O–H groups in total. The Bertz CT molecular complexity index is 456. The first kappa shape index (κ1) is 11.4. The van der Waals surface area contributed by atoms with Gasteiger partial charge in [0, 0.05) is 0 Å². The Balaban J connectivity index is 2.28. The number of carbonyl (C=O) groups is 2. The Labute approximate surface area is 98.7 Å². The SMILES string of the molecule is COC(=O)Cc1ccc2c(c1)C(=O)NCCO2. The van der Waals surface area contributed by atoms with Crippen molar-refractivity contribution >= 4 is 11.9 Å². The van der Waals surface area contributed by atoms with Gasteiger partial charge in [-0.15, -0.1) is 0 Å². The fourth-order valence-electron chi connectivity index (χ4n) is 1.65. The van der Waals surface area contributed by atoms with Crippen LogP contribution in [0.25, 0.3) is 0 Å². The lowest BCUT2D eigenvalue weighted by molar-refractivity contribution is -0.139. The van der Waals surface area contributed by atoms with E-state index in [2.05, 4.69) is 10.1 Å². The number of fused-ring (bicyclic) bond motifs is 1. The Morgan fingerprint density at radius 3 is 3.12 bits per heavy atom. The fraction of sp³-hybridized carbons (Fsp3) is 0.333. The lowest BCUT2D eigenvalue weighted by Gasteiger charge is -2.07. The largest absolute Gasteiger partial charge is 0.491 e. The van der Waals surface area contributed by atoms with Crippen LogP contribution < -0.4 is 10.1 Å². The van der Waals surface area contributed by atoms with Gasteiger partial charge in [-0.25, -0.2) is 0 Å². The first-order valence-electron chi connectivity index (χ1n) is 5.31. The zero-order chi connectivity index (χ0) is 12.3. The Hall–Kier alpha value is -2.04. The number of hydrogen-bond acceptors (Lipinski definition) is 4. The highest BCUT2D eigenvalue weighted by Crippen LogP contribution is 2.22. The van der Waals surface area contributed by atoms with Crippen molar-refractivity contribution in [2.24, 2.45) is 0 Å². The van der Waals surface area contributed by atoms with Crippen LogP contribution in [0.2, 0.25) is 0 Å². The van der Waals surface area contributed by atoms with Gasteiger partial charge in [-0.3, -0.25) is 9.59 Å². The van der Waals surface area contributed by atoms with E-state index in [9.17, 15) is 9.59 Å². The molecule has 1 heterocycles. The predicted molar refractivity (Wildman–Crippen MR) is 60.0 cm³/mol. The van der Waals surface area contributed by atoms with Crippen LogP contribution in [0.5, 0.6) is 5.75 Å². The van der Waals surface area contributed by atoms with Gasteiger partial charge in [0.25, 0.3) is 5.91 Å². The maximum atomic E-state index is 11.7. The smallest absolute Gasteiger partial charge is 0.309 e. The summed E-state index contributed by atoms with van der Waals surface area (Å²) in [4.78, 5) is 22.9.